The van der Waals surface area contributed by atoms with Crippen molar-refractivity contribution in [1.82, 2.24) is 0 Å². The lowest BCUT2D eigenvalue weighted by Crippen LogP contribution is -2.61. The van der Waals surface area contributed by atoms with Gasteiger partial charge in [0.1, 0.15) is 74.2 Å². The van der Waals surface area contributed by atoms with E-state index >= 15 is 0 Å². The molecule has 0 saturated carbocycles. The summed E-state index contributed by atoms with van der Waals surface area (Å²) in [5.41, 5.74) is 7.82. The smallest absolute Gasteiger partial charge is 0.187 e. The lowest BCUT2D eigenvalue weighted by atomic mass is 9.90. The fraction of sp³-hybridized carbons (Fsp3) is 0.229. The van der Waals surface area contributed by atoms with Gasteiger partial charge in [0.2, 0.25) is 0 Å². The monoisotopic (exact) mass is 1080 g/mol. The van der Waals surface area contributed by atoms with Crippen LogP contribution < -0.4 is 23.7 Å². The van der Waals surface area contributed by atoms with Gasteiger partial charge >= 0.3 is 0 Å². The van der Waals surface area contributed by atoms with E-state index in [1.165, 1.54) is 0 Å². The van der Waals surface area contributed by atoms with E-state index in [0.717, 1.165) is 38.9 Å². The molecule has 0 aromatic heterocycles. The molecule has 0 spiro atoms. The standard InChI is InChI=1S/C70H66O11/c1-49-65(76-46-54-31-17-6-18-32-54)68(77-47-55-33-19-7-20-34-55)69(78-48-56-35-21-8-22-36-56)70(79-49)81-67-64(71)63-61(75-45-53-29-15-5-16-30-53)40-58(72-42-50-23-9-2-10-24-50)41-62(63)80-66(67)57-37-38-59(73-43-51-25-11-3-12-26-51)60(39-57)74-44-52-27-13-4-14-28-52/h2-41,49,64-71H,42-48H2,1H3/t49?,64?,65-,66+,67-,68-,69?,70-/m0/s1. The third-order valence-corrected chi connectivity index (χ3v) is 14.4. The summed E-state index contributed by atoms with van der Waals surface area (Å²) >= 11 is 0. The zero-order valence-corrected chi connectivity index (χ0v) is 45.2. The average molecular weight is 1080 g/mol. The van der Waals surface area contributed by atoms with Gasteiger partial charge in [0.25, 0.3) is 0 Å². The van der Waals surface area contributed by atoms with Crippen LogP contribution in [0.3, 0.4) is 0 Å². The van der Waals surface area contributed by atoms with Gasteiger partial charge in [0.05, 0.1) is 31.5 Å². The first kappa shape index (κ1) is 54.7. The van der Waals surface area contributed by atoms with Gasteiger partial charge in [-0.05, 0) is 63.6 Å². The van der Waals surface area contributed by atoms with Crippen LogP contribution >= 0.6 is 0 Å². The normalized spacial score (nSPS) is 20.3. The van der Waals surface area contributed by atoms with E-state index in [2.05, 4.69) is 0 Å². The molecule has 3 unspecified atom stereocenters. The van der Waals surface area contributed by atoms with Crippen molar-refractivity contribution in [3.05, 3.63) is 293 Å². The van der Waals surface area contributed by atoms with Crippen LogP contribution in [0.25, 0.3) is 0 Å². The van der Waals surface area contributed by atoms with E-state index in [0.29, 0.717) is 53.1 Å². The minimum absolute atomic E-state index is 0.200. The van der Waals surface area contributed by atoms with Gasteiger partial charge in [0, 0.05) is 12.1 Å². The summed E-state index contributed by atoms with van der Waals surface area (Å²) in [7, 11) is 0. The quantitative estimate of drug-likeness (QED) is 0.0624. The first-order chi connectivity index (χ1) is 40.0. The lowest BCUT2D eigenvalue weighted by molar-refractivity contribution is -0.340. The van der Waals surface area contributed by atoms with Crippen molar-refractivity contribution >= 4 is 0 Å². The first-order valence-electron chi connectivity index (χ1n) is 27.6. The minimum Gasteiger partial charge on any atom is -0.489 e. The van der Waals surface area contributed by atoms with E-state index in [-0.39, 0.29) is 33.0 Å². The molecule has 9 aromatic carbocycles. The Balaban J connectivity index is 1.00. The van der Waals surface area contributed by atoms with Crippen LogP contribution in [-0.4, -0.2) is 41.9 Å². The largest absolute Gasteiger partial charge is 0.489 e. The van der Waals surface area contributed by atoms with Gasteiger partial charge in [0.15, 0.2) is 23.9 Å². The van der Waals surface area contributed by atoms with Crippen LogP contribution in [0.1, 0.15) is 69.2 Å². The molecule has 11 heteroatoms. The van der Waals surface area contributed by atoms with E-state index in [1.807, 2.05) is 237 Å². The molecule has 0 bridgehead atoms. The Morgan fingerprint density at radius 1 is 0.370 bits per heavy atom. The lowest BCUT2D eigenvalue weighted by Gasteiger charge is -2.47. The van der Waals surface area contributed by atoms with E-state index in [1.54, 1.807) is 12.1 Å². The molecule has 1 fully saturated rings. The topological polar surface area (TPSA) is 113 Å². The molecule has 11 nitrogen and oxygen atoms in total. The average Bonchev–Trinajstić information content (AvgIpc) is 3.61. The summed E-state index contributed by atoms with van der Waals surface area (Å²) in [5, 5.41) is 13.4. The molecule has 9 aromatic rings. The Hall–Kier alpha value is -8.26. The van der Waals surface area contributed by atoms with Crippen LogP contribution in [0.4, 0.5) is 0 Å². The highest BCUT2D eigenvalue weighted by Gasteiger charge is 2.51. The van der Waals surface area contributed by atoms with Crippen LogP contribution in [0, 0.1) is 0 Å². The summed E-state index contributed by atoms with van der Waals surface area (Å²) in [4.78, 5) is 0. The van der Waals surface area contributed by atoms with Crippen molar-refractivity contribution in [1.29, 1.82) is 0 Å². The van der Waals surface area contributed by atoms with Crippen LogP contribution in [0.5, 0.6) is 28.7 Å². The number of hydrogen-bond donors (Lipinski definition) is 1. The number of aliphatic hydroxyl groups is 1. The molecule has 0 amide bonds. The van der Waals surface area contributed by atoms with E-state index < -0.39 is 49.0 Å². The van der Waals surface area contributed by atoms with Crippen molar-refractivity contribution in [3.63, 3.8) is 0 Å². The van der Waals surface area contributed by atoms with Gasteiger partial charge in [-0.2, -0.15) is 0 Å². The van der Waals surface area contributed by atoms with E-state index in [9.17, 15) is 5.11 Å². The van der Waals surface area contributed by atoms with Crippen molar-refractivity contribution in [2.75, 3.05) is 0 Å². The Labute approximate surface area is 474 Å². The highest BCUT2D eigenvalue weighted by Crippen LogP contribution is 2.51. The van der Waals surface area contributed by atoms with Crippen molar-refractivity contribution in [3.8, 4) is 28.7 Å². The molecular weight excluding hydrogens is 1020 g/mol. The third kappa shape index (κ3) is 14.4. The van der Waals surface area contributed by atoms with Gasteiger partial charge in [-0.25, -0.2) is 0 Å². The number of aliphatic hydroxyl groups excluding tert-OH is 1. The zero-order chi connectivity index (χ0) is 55.0. The summed E-state index contributed by atoms with van der Waals surface area (Å²) in [5.74, 6) is 2.20. The van der Waals surface area contributed by atoms with Gasteiger partial charge < -0.3 is 52.5 Å². The molecular formula is C70H66O11. The molecule has 2 aliphatic heterocycles. The number of ether oxygens (including phenoxy) is 10. The summed E-state index contributed by atoms with van der Waals surface area (Å²) < 4.78 is 68.8. The van der Waals surface area contributed by atoms with E-state index in [4.69, 9.17) is 47.4 Å². The van der Waals surface area contributed by atoms with Gasteiger partial charge in [-0.3, -0.25) is 0 Å². The fourth-order valence-corrected chi connectivity index (χ4v) is 10.1. The second-order valence-corrected chi connectivity index (χ2v) is 20.2. The Bertz CT molecular complexity index is 3320. The predicted molar refractivity (Wildman–Crippen MR) is 309 cm³/mol. The maximum atomic E-state index is 13.4. The number of benzene rings is 9. The molecule has 11 rings (SSSR count). The second-order valence-electron chi connectivity index (χ2n) is 20.2. The summed E-state index contributed by atoms with van der Waals surface area (Å²) in [6.45, 7) is 3.77. The number of rotatable bonds is 24. The maximum Gasteiger partial charge on any atom is 0.187 e. The number of fused-ring (bicyclic) bond motifs is 1. The summed E-state index contributed by atoms with van der Waals surface area (Å²) in [6.07, 6.45) is -7.51. The second kappa shape index (κ2) is 27.3. The third-order valence-electron chi connectivity index (χ3n) is 14.4. The predicted octanol–water partition coefficient (Wildman–Crippen LogP) is 14.1. The van der Waals surface area contributed by atoms with Crippen molar-refractivity contribution in [2.24, 2.45) is 0 Å². The Morgan fingerprint density at radius 3 is 1.23 bits per heavy atom. The molecule has 2 heterocycles. The molecule has 0 radical (unpaired) electrons. The Kier molecular flexibility index (Phi) is 18.4. The van der Waals surface area contributed by atoms with Crippen LogP contribution in [0.15, 0.2) is 243 Å². The fourth-order valence-electron chi connectivity index (χ4n) is 10.1. The number of hydrogen-bond acceptors (Lipinski definition) is 11. The highest BCUT2D eigenvalue weighted by molar-refractivity contribution is 5.55. The molecule has 2 aliphatic rings. The van der Waals surface area contributed by atoms with Crippen molar-refractivity contribution < 1.29 is 52.5 Å². The molecule has 8 atom stereocenters. The molecule has 1 N–H and O–H groups in total. The maximum absolute atomic E-state index is 13.4. The molecule has 0 aliphatic carbocycles. The minimum atomic E-state index is -1.38. The summed E-state index contributed by atoms with van der Waals surface area (Å²) in [6, 6.07) is 79.0. The van der Waals surface area contributed by atoms with Crippen LogP contribution in [-0.2, 0) is 69.9 Å². The highest BCUT2D eigenvalue weighted by atomic mass is 16.7. The van der Waals surface area contributed by atoms with Crippen molar-refractivity contribution in [2.45, 2.75) is 102 Å². The Morgan fingerprint density at radius 2 is 0.765 bits per heavy atom. The van der Waals surface area contributed by atoms with Gasteiger partial charge in [-0.1, -0.05) is 218 Å². The molecule has 1 saturated heterocycles. The van der Waals surface area contributed by atoms with Gasteiger partial charge in [-0.15, -0.1) is 0 Å². The molecule has 412 valence electrons. The zero-order valence-electron chi connectivity index (χ0n) is 45.2. The van der Waals surface area contributed by atoms with Crippen LogP contribution in [0.2, 0.25) is 0 Å². The first-order valence-corrected chi connectivity index (χ1v) is 27.6. The molecule has 81 heavy (non-hydrogen) atoms. The SMILES string of the molecule is CC1O[C@@H](O[C@H]2C(O)c3c(OCc4ccccc4)cc(OCc4ccccc4)cc3O[C@@H]2c2ccc(OCc3ccccc3)c(OCc3ccccc3)c2)C(OCc2ccccc2)[C@@H](OCc2ccccc2)[C@H]1OCc1ccccc1.